The summed E-state index contributed by atoms with van der Waals surface area (Å²) < 4.78 is 25.4. The van der Waals surface area contributed by atoms with Gasteiger partial charge in [-0.3, -0.25) is 14.1 Å². The van der Waals surface area contributed by atoms with Crippen LogP contribution in [-0.2, 0) is 21.4 Å². The average Bonchev–Trinajstić information content (AvgIpc) is 2.59. The molecule has 0 unspecified atom stereocenters. The Morgan fingerprint density at radius 2 is 2.04 bits per heavy atom. The summed E-state index contributed by atoms with van der Waals surface area (Å²) >= 11 is 12.1. The van der Waals surface area contributed by atoms with Crippen LogP contribution >= 0.6 is 23.2 Å². The highest BCUT2D eigenvalue weighted by Gasteiger charge is 2.20. The fourth-order valence-corrected chi connectivity index (χ4v) is 3.72. The van der Waals surface area contributed by atoms with Gasteiger partial charge in [0.25, 0.3) is 0 Å². The number of carbonyl (C=O) groups excluding carboxylic acids is 1. The summed E-state index contributed by atoms with van der Waals surface area (Å²) in [6.45, 7) is 0.502. The van der Waals surface area contributed by atoms with Crippen LogP contribution in [0.25, 0.3) is 0 Å². The number of sulfonamides is 1. The predicted molar refractivity (Wildman–Crippen MR) is 104 cm³/mol. The van der Waals surface area contributed by atoms with Crippen molar-refractivity contribution in [2.75, 3.05) is 17.1 Å². The van der Waals surface area contributed by atoms with E-state index >= 15 is 0 Å². The number of anilines is 1. The number of amides is 1. The van der Waals surface area contributed by atoms with Crippen LogP contribution in [0.4, 0.5) is 5.69 Å². The molecule has 1 aromatic heterocycles. The van der Waals surface area contributed by atoms with Gasteiger partial charge in [-0.1, -0.05) is 29.3 Å². The molecule has 0 saturated heterocycles. The van der Waals surface area contributed by atoms with Crippen LogP contribution in [-0.4, -0.2) is 32.1 Å². The minimum atomic E-state index is -3.56. The summed E-state index contributed by atoms with van der Waals surface area (Å²) in [6.07, 6.45) is 4.95. The molecule has 1 aromatic carbocycles. The zero-order valence-electron chi connectivity index (χ0n) is 14.2. The minimum absolute atomic E-state index is 0.124. The van der Waals surface area contributed by atoms with E-state index < -0.39 is 10.0 Å². The highest BCUT2D eigenvalue weighted by Crippen LogP contribution is 2.30. The lowest BCUT2D eigenvalue weighted by Crippen LogP contribution is -2.32. The molecule has 0 atom stereocenters. The van der Waals surface area contributed by atoms with Gasteiger partial charge < -0.3 is 5.32 Å². The van der Waals surface area contributed by atoms with Crippen LogP contribution in [0.5, 0.6) is 0 Å². The van der Waals surface area contributed by atoms with Gasteiger partial charge in [0, 0.05) is 36.9 Å². The van der Waals surface area contributed by atoms with Gasteiger partial charge in [-0.05, 0) is 36.2 Å². The first-order valence-corrected chi connectivity index (χ1v) is 10.5. The summed E-state index contributed by atoms with van der Waals surface area (Å²) in [5, 5.41) is 3.44. The van der Waals surface area contributed by atoms with Crippen molar-refractivity contribution in [2.24, 2.45) is 0 Å². The van der Waals surface area contributed by atoms with E-state index in [2.05, 4.69) is 10.3 Å². The van der Waals surface area contributed by atoms with Gasteiger partial charge in [0.15, 0.2) is 0 Å². The number of rotatable bonds is 8. The van der Waals surface area contributed by atoms with Crippen molar-refractivity contribution in [2.45, 2.75) is 19.4 Å². The number of aromatic nitrogens is 1. The predicted octanol–water partition coefficient (Wildman–Crippen LogP) is 3.25. The third-order valence-electron chi connectivity index (χ3n) is 3.55. The Bertz CT molecular complexity index is 861. The lowest BCUT2D eigenvalue weighted by molar-refractivity contribution is -0.121. The van der Waals surface area contributed by atoms with Crippen molar-refractivity contribution in [3.63, 3.8) is 0 Å². The maximum atomic E-state index is 12.1. The quantitative estimate of drug-likeness (QED) is 0.717. The van der Waals surface area contributed by atoms with Crippen LogP contribution in [0.3, 0.4) is 0 Å². The Balaban J connectivity index is 1.94. The smallest absolute Gasteiger partial charge is 0.232 e. The molecule has 0 radical (unpaired) electrons. The second-order valence-corrected chi connectivity index (χ2v) is 8.42. The maximum absolute atomic E-state index is 12.1. The van der Waals surface area contributed by atoms with Crippen LogP contribution in [0.2, 0.25) is 10.0 Å². The molecule has 0 bridgehead atoms. The summed E-state index contributed by atoms with van der Waals surface area (Å²) in [6, 6.07) is 8.27. The number of nitrogens with one attached hydrogen (secondary N) is 1. The number of hydrogen-bond acceptors (Lipinski definition) is 4. The molecule has 26 heavy (non-hydrogen) atoms. The molecule has 0 aliphatic heterocycles. The van der Waals surface area contributed by atoms with Crippen molar-refractivity contribution in [3.05, 3.63) is 58.3 Å². The Morgan fingerprint density at radius 3 is 2.69 bits per heavy atom. The number of benzene rings is 1. The normalized spacial score (nSPS) is 11.2. The largest absolute Gasteiger partial charge is 0.352 e. The van der Waals surface area contributed by atoms with Crippen LogP contribution in [0.15, 0.2) is 42.7 Å². The van der Waals surface area contributed by atoms with Gasteiger partial charge in [0.2, 0.25) is 15.9 Å². The van der Waals surface area contributed by atoms with E-state index in [-0.39, 0.29) is 23.9 Å². The molecule has 1 heterocycles. The van der Waals surface area contributed by atoms with Crippen LogP contribution in [0, 0.1) is 0 Å². The zero-order chi connectivity index (χ0) is 19.2. The highest BCUT2D eigenvalue weighted by atomic mass is 35.5. The lowest BCUT2D eigenvalue weighted by Gasteiger charge is -2.23. The Hall–Kier alpha value is -1.83. The van der Waals surface area contributed by atoms with Gasteiger partial charge in [-0.15, -0.1) is 0 Å². The first kappa shape index (κ1) is 20.5. The lowest BCUT2D eigenvalue weighted by atomic mass is 10.2. The number of hydrogen-bond donors (Lipinski definition) is 1. The molecule has 0 saturated carbocycles. The number of carbonyl (C=O) groups is 1. The van der Waals surface area contributed by atoms with Crippen molar-refractivity contribution >= 4 is 44.8 Å². The Kier molecular flexibility index (Phi) is 7.25. The Morgan fingerprint density at radius 1 is 1.27 bits per heavy atom. The molecule has 1 N–H and O–H groups in total. The standard InChI is InChI=1S/C17H19Cl2N3O3S/c1-26(24,25)22(16-10-14(18)6-7-15(16)19)9-3-5-17(23)21-12-13-4-2-8-20-11-13/h2,4,6-8,10-11H,3,5,9,12H2,1H3,(H,21,23). The number of pyridine rings is 1. The maximum Gasteiger partial charge on any atom is 0.232 e. The summed E-state index contributed by atoms with van der Waals surface area (Å²) in [4.78, 5) is 15.9. The first-order chi connectivity index (χ1) is 12.3. The second kappa shape index (κ2) is 9.21. The second-order valence-electron chi connectivity index (χ2n) is 5.67. The number of halogens is 2. The molecule has 2 rings (SSSR count). The molecule has 0 spiro atoms. The Labute approximate surface area is 163 Å². The zero-order valence-corrected chi connectivity index (χ0v) is 16.5. The van der Waals surface area contributed by atoms with Gasteiger partial charge in [-0.25, -0.2) is 8.42 Å². The molecule has 1 amide bonds. The van der Waals surface area contributed by atoms with Gasteiger partial charge >= 0.3 is 0 Å². The minimum Gasteiger partial charge on any atom is -0.352 e. The van der Waals surface area contributed by atoms with E-state index in [9.17, 15) is 13.2 Å². The highest BCUT2D eigenvalue weighted by molar-refractivity contribution is 7.92. The molecule has 9 heteroatoms. The summed E-state index contributed by atoms with van der Waals surface area (Å²) in [5.41, 5.74) is 1.20. The molecule has 2 aromatic rings. The van der Waals surface area contributed by atoms with E-state index in [0.29, 0.717) is 23.7 Å². The fraction of sp³-hybridized carbons (Fsp3) is 0.294. The van der Waals surface area contributed by atoms with E-state index in [1.54, 1.807) is 24.5 Å². The average molecular weight is 416 g/mol. The first-order valence-electron chi connectivity index (χ1n) is 7.86. The van der Waals surface area contributed by atoms with E-state index in [1.165, 1.54) is 12.1 Å². The summed E-state index contributed by atoms with van der Waals surface area (Å²) in [5.74, 6) is -0.167. The summed E-state index contributed by atoms with van der Waals surface area (Å²) in [7, 11) is -3.56. The third kappa shape index (κ3) is 6.16. The molecule has 0 aliphatic carbocycles. The van der Waals surface area contributed by atoms with Crippen molar-refractivity contribution in [1.82, 2.24) is 10.3 Å². The van der Waals surface area contributed by atoms with Gasteiger partial charge in [0.05, 0.1) is 17.0 Å². The van der Waals surface area contributed by atoms with Crippen LogP contribution < -0.4 is 9.62 Å². The number of nitrogens with zero attached hydrogens (tertiary/aromatic N) is 2. The van der Waals surface area contributed by atoms with E-state index in [0.717, 1.165) is 16.1 Å². The topological polar surface area (TPSA) is 79.4 Å². The van der Waals surface area contributed by atoms with Crippen molar-refractivity contribution < 1.29 is 13.2 Å². The molecule has 140 valence electrons. The molecular weight excluding hydrogens is 397 g/mol. The molecule has 6 nitrogen and oxygen atoms in total. The third-order valence-corrected chi connectivity index (χ3v) is 5.29. The molecule has 0 aliphatic rings. The van der Waals surface area contributed by atoms with Gasteiger partial charge in [-0.2, -0.15) is 0 Å². The molecular formula is C17H19Cl2N3O3S. The van der Waals surface area contributed by atoms with E-state index in [1.807, 2.05) is 6.07 Å². The fourth-order valence-electron chi connectivity index (χ4n) is 2.32. The monoisotopic (exact) mass is 415 g/mol. The van der Waals surface area contributed by atoms with Crippen molar-refractivity contribution in [1.29, 1.82) is 0 Å². The van der Waals surface area contributed by atoms with Gasteiger partial charge in [0.1, 0.15) is 0 Å². The SMILES string of the molecule is CS(=O)(=O)N(CCCC(=O)NCc1cccnc1)c1cc(Cl)ccc1Cl. The van der Waals surface area contributed by atoms with Crippen LogP contribution in [0.1, 0.15) is 18.4 Å². The molecule has 0 fully saturated rings. The van der Waals surface area contributed by atoms with Crippen molar-refractivity contribution in [3.8, 4) is 0 Å². The van der Waals surface area contributed by atoms with E-state index in [4.69, 9.17) is 23.2 Å².